The molecule has 3 heterocycles. The number of nitrogens with zero attached hydrogens (tertiary/aromatic N) is 4. The van der Waals surface area contributed by atoms with Crippen LogP contribution in [0, 0.1) is 6.92 Å². The van der Waals surface area contributed by atoms with Crippen LogP contribution in [0.25, 0.3) is 33.3 Å². The van der Waals surface area contributed by atoms with Gasteiger partial charge in [-0.25, -0.2) is 14.6 Å². The van der Waals surface area contributed by atoms with E-state index in [4.69, 9.17) is 5.10 Å². The van der Waals surface area contributed by atoms with Gasteiger partial charge in [-0.05, 0) is 51.3 Å². The summed E-state index contributed by atoms with van der Waals surface area (Å²) in [4.78, 5) is 12.5. The maximum Gasteiger partial charge on any atom is 0.164 e. The number of fused-ring (bicyclic) bond motifs is 2. The first kappa shape index (κ1) is 19.4. The topological polar surface area (TPSA) is 91.7 Å². The monoisotopic (exact) mass is 392 g/mol. The van der Waals surface area contributed by atoms with E-state index in [1.807, 2.05) is 30.8 Å². The van der Waals surface area contributed by atoms with Crippen LogP contribution in [0.15, 0.2) is 24.5 Å². The summed E-state index contributed by atoms with van der Waals surface area (Å²) in [6.45, 7) is 10.4. The minimum Gasteiger partial charge on any atom is -0.388 e. The van der Waals surface area contributed by atoms with E-state index in [1.54, 1.807) is 6.33 Å². The van der Waals surface area contributed by atoms with Gasteiger partial charge in [0.1, 0.15) is 17.8 Å². The Hall–Kier alpha value is -2.93. The van der Waals surface area contributed by atoms with Gasteiger partial charge >= 0.3 is 0 Å². The molecular weight excluding hydrogens is 364 g/mol. The van der Waals surface area contributed by atoms with E-state index in [0.29, 0.717) is 6.42 Å². The molecule has 7 nitrogen and oxygen atoms in total. The lowest BCUT2D eigenvalue weighted by molar-refractivity contribution is 0.174. The van der Waals surface area contributed by atoms with Gasteiger partial charge in [-0.3, -0.25) is 0 Å². The standard InChI is InChI=1S/C22H28N6O/c1-7-16(29)13-8-9-14-12(2)18(26-15(14)10-13)19-17-20(23-6)24-11-25-21(17)28(27-19)22(3,4)5/h8-11,16,26,29H,7H2,1-6H3,(H,23,24,25). The molecule has 0 amide bonds. The van der Waals surface area contributed by atoms with Crippen LogP contribution in [0.4, 0.5) is 5.82 Å². The zero-order valence-electron chi connectivity index (χ0n) is 17.8. The number of aryl methyl sites for hydroxylation is 1. The number of hydrogen-bond acceptors (Lipinski definition) is 5. The Morgan fingerprint density at radius 2 is 2.00 bits per heavy atom. The lowest BCUT2D eigenvalue weighted by Crippen LogP contribution is -2.23. The molecular formula is C22H28N6O. The maximum absolute atomic E-state index is 10.2. The molecule has 0 aliphatic rings. The highest BCUT2D eigenvalue weighted by Gasteiger charge is 2.26. The molecule has 0 aliphatic heterocycles. The molecule has 0 radical (unpaired) electrons. The van der Waals surface area contributed by atoms with E-state index in [2.05, 4.69) is 54.0 Å². The summed E-state index contributed by atoms with van der Waals surface area (Å²) in [6, 6.07) is 6.09. The van der Waals surface area contributed by atoms with E-state index in [-0.39, 0.29) is 5.54 Å². The first-order chi connectivity index (χ1) is 13.8. The summed E-state index contributed by atoms with van der Waals surface area (Å²) in [5.41, 5.74) is 5.36. The van der Waals surface area contributed by atoms with Crippen LogP contribution in [0.1, 0.15) is 51.3 Å². The lowest BCUT2D eigenvalue weighted by atomic mass is 10.0. The molecule has 0 fully saturated rings. The van der Waals surface area contributed by atoms with Crippen LogP contribution < -0.4 is 5.32 Å². The Labute approximate surface area is 170 Å². The van der Waals surface area contributed by atoms with Crippen molar-refractivity contribution in [2.75, 3.05) is 12.4 Å². The normalized spacial score (nSPS) is 13.3. The van der Waals surface area contributed by atoms with Crippen molar-refractivity contribution in [1.29, 1.82) is 0 Å². The van der Waals surface area contributed by atoms with Crippen molar-refractivity contribution in [2.45, 2.75) is 52.7 Å². The second kappa shape index (κ2) is 6.84. The Morgan fingerprint density at radius 1 is 1.24 bits per heavy atom. The molecule has 3 N–H and O–H groups in total. The van der Waals surface area contributed by atoms with E-state index in [0.717, 1.165) is 50.3 Å². The van der Waals surface area contributed by atoms with Crippen molar-refractivity contribution < 1.29 is 5.11 Å². The number of anilines is 1. The minimum atomic E-state index is -0.461. The van der Waals surface area contributed by atoms with Gasteiger partial charge in [0.15, 0.2) is 5.65 Å². The van der Waals surface area contributed by atoms with E-state index < -0.39 is 6.10 Å². The molecule has 29 heavy (non-hydrogen) atoms. The summed E-state index contributed by atoms with van der Waals surface area (Å²) in [5.74, 6) is 0.751. The number of aliphatic hydroxyl groups is 1. The maximum atomic E-state index is 10.2. The number of H-pyrrole nitrogens is 1. The van der Waals surface area contributed by atoms with Crippen molar-refractivity contribution in [3.05, 3.63) is 35.7 Å². The first-order valence-corrected chi connectivity index (χ1v) is 9.98. The number of aromatic nitrogens is 5. The molecule has 0 saturated heterocycles. The smallest absolute Gasteiger partial charge is 0.164 e. The minimum absolute atomic E-state index is 0.228. The molecule has 4 aromatic rings. The predicted octanol–water partition coefficient (Wildman–Crippen LogP) is 4.52. The van der Waals surface area contributed by atoms with Crippen LogP contribution in [-0.4, -0.2) is 36.9 Å². The number of aliphatic hydroxyl groups excluding tert-OH is 1. The van der Waals surface area contributed by atoms with Crippen LogP contribution in [-0.2, 0) is 5.54 Å². The van der Waals surface area contributed by atoms with Gasteiger partial charge < -0.3 is 15.4 Å². The van der Waals surface area contributed by atoms with Crippen LogP contribution in [0.3, 0.4) is 0 Å². The highest BCUT2D eigenvalue weighted by Crippen LogP contribution is 2.37. The molecule has 0 spiro atoms. The van der Waals surface area contributed by atoms with Gasteiger partial charge in [-0.1, -0.05) is 19.1 Å². The zero-order valence-corrected chi connectivity index (χ0v) is 17.8. The SMILES string of the molecule is CCC(O)c1ccc2c(C)c(-c3nn(C(C)(C)C)c4ncnc(NC)c34)[nH]c2c1. The predicted molar refractivity (Wildman–Crippen MR) is 117 cm³/mol. The Morgan fingerprint density at radius 3 is 2.66 bits per heavy atom. The fourth-order valence-electron chi connectivity index (χ4n) is 3.82. The van der Waals surface area contributed by atoms with Gasteiger partial charge in [-0.2, -0.15) is 5.10 Å². The van der Waals surface area contributed by atoms with Crippen molar-refractivity contribution in [2.24, 2.45) is 0 Å². The van der Waals surface area contributed by atoms with Crippen molar-refractivity contribution in [1.82, 2.24) is 24.7 Å². The van der Waals surface area contributed by atoms with Crippen LogP contribution in [0.2, 0.25) is 0 Å². The lowest BCUT2D eigenvalue weighted by Gasteiger charge is -2.19. The number of hydrogen-bond donors (Lipinski definition) is 3. The molecule has 1 atom stereocenters. The van der Waals surface area contributed by atoms with Gasteiger partial charge in [0, 0.05) is 18.0 Å². The van der Waals surface area contributed by atoms with Gasteiger partial charge in [-0.15, -0.1) is 0 Å². The van der Waals surface area contributed by atoms with E-state index in [1.165, 1.54) is 0 Å². The molecule has 0 aliphatic carbocycles. The summed E-state index contributed by atoms with van der Waals surface area (Å²) < 4.78 is 1.96. The second-order valence-corrected chi connectivity index (χ2v) is 8.46. The zero-order chi connectivity index (χ0) is 20.9. The molecule has 7 heteroatoms. The summed E-state index contributed by atoms with van der Waals surface area (Å²) in [5, 5.41) is 20.4. The molecule has 0 saturated carbocycles. The highest BCUT2D eigenvalue weighted by atomic mass is 16.3. The van der Waals surface area contributed by atoms with Crippen molar-refractivity contribution >= 4 is 27.8 Å². The van der Waals surface area contributed by atoms with Crippen molar-refractivity contribution in [3.8, 4) is 11.4 Å². The third-order valence-electron chi connectivity index (χ3n) is 5.43. The Kier molecular flexibility index (Phi) is 4.58. The van der Waals surface area contributed by atoms with E-state index in [9.17, 15) is 5.11 Å². The largest absolute Gasteiger partial charge is 0.388 e. The van der Waals surface area contributed by atoms with Crippen molar-refractivity contribution in [3.63, 3.8) is 0 Å². The molecule has 4 rings (SSSR count). The molecule has 0 bridgehead atoms. The number of nitrogens with one attached hydrogen (secondary N) is 2. The average Bonchev–Trinajstić information content (AvgIpc) is 3.25. The number of aromatic amines is 1. The Balaban J connectivity index is 2.02. The quantitative estimate of drug-likeness (QED) is 0.475. The summed E-state index contributed by atoms with van der Waals surface area (Å²) in [6.07, 6.45) is 1.79. The third-order valence-corrected chi connectivity index (χ3v) is 5.43. The fraction of sp³-hybridized carbons (Fsp3) is 0.409. The summed E-state index contributed by atoms with van der Waals surface area (Å²) >= 11 is 0. The summed E-state index contributed by atoms with van der Waals surface area (Å²) in [7, 11) is 1.86. The average molecular weight is 393 g/mol. The fourth-order valence-corrected chi connectivity index (χ4v) is 3.82. The van der Waals surface area contributed by atoms with Crippen LogP contribution >= 0.6 is 0 Å². The molecule has 3 aromatic heterocycles. The first-order valence-electron chi connectivity index (χ1n) is 9.98. The number of benzene rings is 1. The third kappa shape index (κ3) is 3.06. The second-order valence-electron chi connectivity index (χ2n) is 8.46. The Bertz CT molecular complexity index is 1200. The van der Waals surface area contributed by atoms with Crippen LogP contribution in [0.5, 0.6) is 0 Å². The van der Waals surface area contributed by atoms with E-state index >= 15 is 0 Å². The number of rotatable bonds is 4. The molecule has 1 aromatic carbocycles. The van der Waals surface area contributed by atoms with Gasteiger partial charge in [0.05, 0.1) is 22.7 Å². The van der Waals surface area contributed by atoms with Gasteiger partial charge in [0.2, 0.25) is 0 Å². The molecule has 1 unspecified atom stereocenters. The van der Waals surface area contributed by atoms with Gasteiger partial charge in [0.25, 0.3) is 0 Å². The highest BCUT2D eigenvalue weighted by molar-refractivity contribution is 6.02. The molecule has 152 valence electrons.